The van der Waals surface area contributed by atoms with Crippen molar-refractivity contribution in [2.24, 2.45) is 0 Å². The molecule has 2 aromatic rings. The average molecular weight is 279 g/mol. The fourth-order valence-electron chi connectivity index (χ4n) is 3.59. The molecule has 0 amide bonds. The second-order valence-corrected chi connectivity index (χ2v) is 6.30. The van der Waals surface area contributed by atoms with Crippen LogP contribution in [0.25, 0.3) is 11.1 Å². The second-order valence-electron chi connectivity index (χ2n) is 6.30. The van der Waals surface area contributed by atoms with Crippen molar-refractivity contribution >= 4 is 0 Å². The zero-order valence-corrected chi connectivity index (χ0v) is 13.4. The van der Waals surface area contributed by atoms with Crippen molar-refractivity contribution in [3.05, 3.63) is 58.7 Å². The van der Waals surface area contributed by atoms with E-state index in [2.05, 4.69) is 62.5 Å². The lowest BCUT2D eigenvalue weighted by molar-refractivity contribution is 0.529. The van der Waals surface area contributed by atoms with Crippen LogP contribution in [0.1, 0.15) is 48.1 Å². The monoisotopic (exact) mass is 279 g/mol. The van der Waals surface area contributed by atoms with Gasteiger partial charge in [-0.1, -0.05) is 54.4 Å². The van der Waals surface area contributed by atoms with Gasteiger partial charge in [-0.2, -0.15) is 0 Å². The number of fused-ring (bicyclic) bond motifs is 1. The number of nitrogens with one attached hydrogen (secondary N) is 1. The van der Waals surface area contributed by atoms with Gasteiger partial charge < -0.3 is 5.32 Å². The molecule has 1 nitrogen and oxygen atoms in total. The Balaban J connectivity index is 2.00. The summed E-state index contributed by atoms with van der Waals surface area (Å²) >= 11 is 0. The van der Waals surface area contributed by atoms with Gasteiger partial charge in [-0.25, -0.2) is 0 Å². The van der Waals surface area contributed by atoms with E-state index >= 15 is 0 Å². The topological polar surface area (TPSA) is 12.0 Å². The Morgan fingerprint density at radius 2 is 1.86 bits per heavy atom. The number of benzene rings is 2. The molecule has 1 atom stereocenters. The van der Waals surface area contributed by atoms with Crippen LogP contribution in [-0.4, -0.2) is 6.54 Å². The Hall–Kier alpha value is -1.60. The molecule has 0 radical (unpaired) electrons. The van der Waals surface area contributed by atoms with E-state index in [1.54, 1.807) is 5.56 Å². The SMILES string of the molecule is CCCNC1CCc2c(-c3cc(C)cc(C)c3)cccc21. The highest BCUT2D eigenvalue weighted by atomic mass is 14.9. The normalized spacial score (nSPS) is 17.0. The van der Waals surface area contributed by atoms with Crippen molar-refractivity contribution in [1.29, 1.82) is 0 Å². The highest BCUT2D eigenvalue weighted by molar-refractivity contribution is 5.71. The van der Waals surface area contributed by atoms with Crippen molar-refractivity contribution in [1.82, 2.24) is 5.32 Å². The third-order valence-electron chi connectivity index (χ3n) is 4.44. The molecular weight excluding hydrogens is 254 g/mol. The molecular formula is C20H25N. The summed E-state index contributed by atoms with van der Waals surface area (Å²) < 4.78 is 0. The smallest absolute Gasteiger partial charge is 0.0326 e. The van der Waals surface area contributed by atoms with E-state index in [0.29, 0.717) is 6.04 Å². The summed E-state index contributed by atoms with van der Waals surface area (Å²) in [4.78, 5) is 0. The lowest BCUT2D eigenvalue weighted by Crippen LogP contribution is -2.19. The van der Waals surface area contributed by atoms with Crippen molar-refractivity contribution in [3.63, 3.8) is 0 Å². The molecule has 0 saturated heterocycles. The van der Waals surface area contributed by atoms with Gasteiger partial charge in [-0.3, -0.25) is 0 Å². The van der Waals surface area contributed by atoms with Gasteiger partial charge in [0.2, 0.25) is 0 Å². The number of hydrogen-bond acceptors (Lipinski definition) is 1. The number of aryl methyl sites for hydroxylation is 2. The zero-order chi connectivity index (χ0) is 14.8. The first-order valence-electron chi connectivity index (χ1n) is 8.13. The van der Waals surface area contributed by atoms with Gasteiger partial charge in [-0.15, -0.1) is 0 Å². The summed E-state index contributed by atoms with van der Waals surface area (Å²) in [6.45, 7) is 7.71. The third kappa shape index (κ3) is 2.89. The van der Waals surface area contributed by atoms with E-state index in [9.17, 15) is 0 Å². The lowest BCUT2D eigenvalue weighted by Gasteiger charge is -2.15. The summed E-state index contributed by atoms with van der Waals surface area (Å²) in [6, 6.07) is 14.2. The summed E-state index contributed by atoms with van der Waals surface area (Å²) in [5, 5.41) is 3.69. The van der Waals surface area contributed by atoms with Crippen LogP contribution in [0.3, 0.4) is 0 Å². The van der Waals surface area contributed by atoms with Crippen LogP contribution in [0, 0.1) is 13.8 Å². The lowest BCUT2D eigenvalue weighted by atomic mass is 9.94. The van der Waals surface area contributed by atoms with Gasteiger partial charge in [0, 0.05) is 6.04 Å². The molecule has 0 aliphatic heterocycles. The molecule has 0 bridgehead atoms. The zero-order valence-electron chi connectivity index (χ0n) is 13.4. The van der Waals surface area contributed by atoms with E-state index in [1.165, 1.54) is 47.1 Å². The van der Waals surface area contributed by atoms with Crippen LogP contribution in [-0.2, 0) is 6.42 Å². The first-order valence-corrected chi connectivity index (χ1v) is 8.13. The molecule has 1 aliphatic rings. The maximum atomic E-state index is 3.69. The van der Waals surface area contributed by atoms with E-state index in [4.69, 9.17) is 0 Å². The van der Waals surface area contributed by atoms with Gasteiger partial charge in [0.15, 0.2) is 0 Å². The molecule has 21 heavy (non-hydrogen) atoms. The Morgan fingerprint density at radius 3 is 2.57 bits per heavy atom. The van der Waals surface area contributed by atoms with Gasteiger partial charge in [-0.05, 0) is 61.9 Å². The Kier molecular flexibility index (Phi) is 4.12. The molecule has 1 unspecified atom stereocenters. The summed E-state index contributed by atoms with van der Waals surface area (Å²) in [7, 11) is 0. The largest absolute Gasteiger partial charge is 0.310 e. The fraction of sp³-hybridized carbons (Fsp3) is 0.400. The van der Waals surface area contributed by atoms with E-state index in [1.807, 2.05) is 0 Å². The van der Waals surface area contributed by atoms with Crippen LogP contribution in [0.5, 0.6) is 0 Å². The maximum Gasteiger partial charge on any atom is 0.0326 e. The molecule has 0 spiro atoms. The van der Waals surface area contributed by atoms with Gasteiger partial charge in [0.05, 0.1) is 0 Å². The van der Waals surface area contributed by atoms with Crippen LogP contribution >= 0.6 is 0 Å². The Labute approximate surface area is 128 Å². The van der Waals surface area contributed by atoms with Crippen LogP contribution in [0.4, 0.5) is 0 Å². The van der Waals surface area contributed by atoms with Crippen LogP contribution in [0.2, 0.25) is 0 Å². The quantitative estimate of drug-likeness (QED) is 0.834. The van der Waals surface area contributed by atoms with E-state index in [-0.39, 0.29) is 0 Å². The molecule has 0 aromatic heterocycles. The van der Waals surface area contributed by atoms with Crippen molar-refractivity contribution < 1.29 is 0 Å². The van der Waals surface area contributed by atoms with Crippen LogP contribution in [0.15, 0.2) is 36.4 Å². The molecule has 0 fully saturated rings. The molecule has 2 aromatic carbocycles. The minimum atomic E-state index is 0.547. The first-order chi connectivity index (χ1) is 10.2. The molecule has 110 valence electrons. The minimum Gasteiger partial charge on any atom is -0.310 e. The molecule has 0 heterocycles. The average Bonchev–Trinajstić information content (AvgIpc) is 2.87. The molecule has 0 saturated carbocycles. The predicted octanol–water partition coefficient (Wildman–Crippen LogP) is 4.96. The fourth-order valence-corrected chi connectivity index (χ4v) is 3.59. The maximum absolute atomic E-state index is 3.69. The van der Waals surface area contributed by atoms with E-state index in [0.717, 1.165) is 6.54 Å². The van der Waals surface area contributed by atoms with Crippen molar-refractivity contribution in [2.45, 2.75) is 46.1 Å². The van der Waals surface area contributed by atoms with Gasteiger partial charge in [0.1, 0.15) is 0 Å². The Morgan fingerprint density at radius 1 is 1.10 bits per heavy atom. The summed E-state index contributed by atoms with van der Waals surface area (Å²) in [5.41, 5.74) is 8.57. The summed E-state index contributed by atoms with van der Waals surface area (Å²) in [5.74, 6) is 0. The predicted molar refractivity (Wildman–Crippen MR) is 90.7 cm³/mol. The van der Waals surface area contributed by atoms with Crippen LogP contribution < -0.4 is 5.32 Å². The molecule has 1 heteroatoms. The standard InChI is InChI=1S/C20H25N/c1-4-10-21-20-9-8-18-17(6-5-7-19(18)20)16-12-14(2)11-15(3)13-16/h5-7,11-13,20-21H,4,8-10H2,1-3H3. The van der Waals surface area contributed by atoms with Gasteiger partial charge in [0.25, 0.3) is 0 Å². The number of rotatable bonds is 4. The van der Waals surface area contributed by atoms with Crippen molar-refractivity contribution in [3.8, 4) is 11.1 Å². The Bertz CT molecular complexity index is 622. The van der Waals surface area contributed by atoms with Crippen molar-refractivity contribution in [2.75, 3.05) is 6.54 Å². The number of hydrogen-bond donors (Lipinski definition) is 1. The second kappa shape index (κ2) is 6.03. The van der Waals surface area contributed by atoms with E-state index < -0.39 is 0 Å². The molecule has 1 N–H and O–H groups in total. The minimum absolute atomic E-state index is 0.547. The highest BCUT2D eigenvalue weighted by Crippen LogP contribution is 2.38. The highest BCUT2D eigenvalue weighted by Gasteiger charge is 2.24. The first kappa shape index (κ1) is 14.3. The van der Waals surface area contributed by atoms with Gasteiger partial charge >= 0.3 is 0 Å². The summed E-state index contributed by atoms with van der Waals surface area (Å²) in [6.07, 6.45) is 3.62. The molecule has 3 rings (SSSR count). The molecule has 1 aliphatic carbocycles. The third-order valence-corrected chi connectivity index (χ3v) is 4.44.